The monoisotopic (exact) mass is 263 g/mol. The zero-order chi connectivity index (χ0) is 14.3. The van der Waals surface area contributed by atoms with Gasteiger partial charge in [0.1, 0.15) is 0 Å². The van der Waals surface area contributed by atoms with Crippen LogP contribution in [0, 0.1) is 0 Å². The number of carbonyl (C=O) groups excluding carboxylic acids is 1. The second-order valence-electron chi connectivity index (χ2n) is 4.96. The molecule has 0 bridgehead atoms. The molecule has 0 saturated heterocycles. The van der Waals surface area contributed by atoms with Crippen LogP contribution < -0.4 is 5.73 Å². The van der Waals surface area contributed by atoms with Crippen LogP contribution in [0.1, 0.15) is 18.4 Å². The van der Waals surface area contributed by atoms with Gasteiger partial charge in [-0.05, 0) is 12.1 Å². The molecular formula is C15H25N3O. The number of likely N-dealkylation sites (N-methyl/N-ethyl adjacent to an activating group) is 2. The lowest BCUT2D eigenvalue weighted by Crippen LogP contribution is -2.39. The first kappa shape index (κ1) is 15.7. The molecule has 0 fully saturated rings. The largest absolute Gasteiger partial charge is 0.348 e. The molecule has 0 spiro atoms. The van der Waals surface area contributed by atoms with Gasteiger partial charge >= 0.3 is 0 Å². The van der Waals surface area contributed by atoms with Crippen molar-refractivity contribution in [1.82, 2.24) is 9.80 Å². The molecule has 0 aromatic heterocycles. The Morgan fingerprint density at radius 3 is 2.37 bits per heavy atom. The van der Waals surface area contributed by atoms with E-state index in [4.69, 9.17) is 5.73 Å². The molecule has 0 heterocycles. The molecule has 0 radical (unpaired) electrons. The Labute approximate surface area is 116 Å². The number of nitrogens with two attached hydrogens (primary N) is 1. The van der Waals surface area contributed by atoms with Crippen molar-refractivity contribution >= 4 is 5.91 Å². The highest BCUT2D eigenvalue weighted by molar-refractivity contribution is 5.77. The Bertz CT molecular complexity index is 378. The maximum atomic E-state index is 11.8. The molecule has 4 heteroatoms. The van der Waals surface area contributed by atoms with Gasteiger partial charge in [0.25, 0.3) is 0 Å². The third-order valence-electron chi connectivity index (χ3n) is 3.34. The molecule has 2 N–H and O–H groups in total. The number of carbonyl (C=O) groups is 1. The molecule has 1 amide bonds. The smallest absolute Gasteiger partial charge is 0.236 e. The van der Waals surface area contributed by atoms with Gasteiger partial charge in [-0.3, -0.25) is 9.69 Å². The van der Waals surface area contributed by atoms with Crippen molar-refractivity contribution < 1.29 is 4.79 Å². The highest BCUT2D eigenvalue weighted by atomic mass is 16.2. The Morgan fingerprint density at radius 2 is 1.89 bits per heavy atom. The van der Waals surface area contributed by atoms with Gasteiger partial charge in [-0.1, -0.05) is 37.3 Å². The van der Waals surface area contributed by atoms with Gasteiger partial charge < -0.3 is 10.6 Å². The van der Waals surface area contributed by atoms with Gasteiger partial charge in [0.2, 0.25) is 5.91 Å². The summed E-state index contributed by atoms with van der Waals surface area (Å²) in [6, 6.07) is 10.3. The Balaban J connectivity index is 2.65. The molecule has 4 nitrogen and oxygen atoms in total. The SMILES string of the molecule is CCN(CC(=O)N(C)C)CC(CN)c1ccccc1. The summed E-state index contributed by atoms with van der Waals surface area (Å²) >= 11 is 0. The van der Waals surface area contributed by atoms with Gasteiger partial charge in [-0.25, -0.2) is 0 Å². The van der Waals surface area contributed by atoms with Crippen LogP contribution >= 0.6 is 0 Å². The van der Waals surface area contributed by atoms with Gasteiger partial charge in [0.05, 0.1) is 6.54 Å². The van der Waals surface area contributed by atoms with Crippen LogP contribution in [-0.2, 0) is 4.79 Å². The number of amides is 1. The summed E-state index contributed by atoms with van der Waals surface area (Å²) in [4.78, 5) is 15.5. The Morgan fingerprint density at radius 1 is 1.26 bits per heavy atom. The van der Waals surface area contributed by atoms with Gasteiger partial charge in [-0.15, -0.1) is 0 Å². The average molecular weight is 263 g/mol. The minimum Gasteiger partial charge on any atom is -0.348 e. The summed E-state index contributed by atoms with van der Waals surface area (Å²) in [6.07, 6.45) is 0. The third kappa shape index (κ3) is 5.01. The average Bonchev–Trinajstić information content (AvgIpc) is 2.43. The van der Waals surface area contributed by atoms with E-state index in [-0.39, 0.29) is 11.8 Å². The maximum Gasteiger partial charge on any atom is 0.236 e. The first-order valence-corrected chi connectivity index (χ1v) is 6.76. The van der Waals surface area contributed by atoms with Crippen molar-refractivity contribution in [3.05, 3.63) is 35.9 Å². The number of nitrogens with zero attached hydrogens (tertiary/aromatic N) is 2. The van der Waals surface area contributed by atoms with E-state index in [1.807, 2.05) is 18.2 Å². The van der Waals surface area contributed by atoms with E-state index in [9.17, 15) is 4.79 Å². The van der Waals surface area contributed by atoms with Crippen molar-refractivity contribution in [3.63, 3.8) is 0 Å². The maximum absolute atomic E-state index is 11.8. The van der Waals surface area contributed by atoms with Gasteiger partial charge in [0, 0.05) is 33.1 Å². The predicted molar refractivity (Wildman–Crippen MR) is 79.0 cm³/mol. The van der Waals surface area contributed by atoms with Gasteiger partial charge in [0.15, 0.2) is 0 Å². The normalized spacial score (nSPS) is 12.5. The summed E-state index contributed by atoms with van der Waals surface area (Å²) in [6.45, 7) is 4.78. The molecule has 0 aliphatic heterocycles. The van der Waals surface area contributed by atoms with Crippen LogP contribution in [0.4, 0.5) is 0 Å². The zero-order valence-corrected chi connectivity index (χ0v) is 12.2. The standard InChI is InChI=1S/C15H25N3O/c1-4-18(12-15(19)17(2)3)11-14(10-16)13-8-6-5-7-9-13/h5-9,14H,4,10-12,16H2,1-3H3. The fourth-order valence-corrected chi connectivity index (χ4v) is 1.99. The Hall–Kier alpha value is -1.39. The number of hydrogen-bond donors (Lipinski definition) is 1. The molecule has 1 rings (SSSR count). The van der Waals surface area contributed by atoms with Crippen molar-refractivity contribution in [3.8, 4) is 0 Å². The lowest BCUT2D eigenvalue weighted by Gasteiger charge is -2.26. The van der Waals surface area contributed by atoms with Crippen LogP contribution in [0.5, 0.6) is 0 Å². The molecule has 1 unspecified atom stereocenters. The van der Waals surface area contributed by atoms with E-state index in [2.05, 4.69) is 24.0 Å². The van der Waals surface area contributed by atoms with Crippen molar-refractivity contribution in [1.29, 1.82) is 0 Å². The molecule has 19 heavy (non-hydrogen) atoms. The van der Waals surface area contributed by atoms with Crippen LogP contribution in [-0.4, -0.2) is 56.0 Å². The lowest BCUT2D eigenvalue weighted by molar-refractivity contribution is -0.129. The summed E-state index contributed by atoms with van der Waals surface area (Å²) in [5.74, 6) is 0.404. The van der Waals surface area contributed by atoms with E-state index in [1.165, 1.54) is 5.56 Å². The molecule has 106 valence electrons. The first-order valence-electron chi connectivity index (χ1n) is 6.76. The van der Waals surface area contributed by atoms with Crippen LogP contribution in [0.15, 0.2) is 30.3 Å². The van der Waals surface area contributed by atoms with Crippen LogP contribution in [0.3, 0.4) is 0 Å². The predicted octanol–water partition coefficient (Wildman–Crippen LogP) is 1.14. The number of benzene rings is 1. The highest BCUT2D eigenvalue weighted by Crippen LogP contribution is 2.15. The molecule has 1 atom stereocenters. The molecule has 1 aromatic carbocycles. The fourth-order valence-electron chi connectivity index (χ4n) is 1.99. The molecular weight excluding hydrogens is 238 g/mol. The second-order valence-corrected chi connectivity index (χ2v) is 4.96. The lowest BCUT2D eigenvalue weighted by atomic mass is 9.98. The summed E-state index contributed by atoms with van der Waals surface area (Å²) in [5, 5.41) is 0. The summed E-state index contributed by atoms with van der Waals surface area (Å²) in [7, 11) is 3.57. The number of rotatable bonds is 7. The second kappa shape index (κ2) is 7.92. The van der Waals surface area contributed by atoms with Crippen molar-refractivity contribution in [2.75, 3.05) is 40.3 Å². The Kier molecular flexibility index (Phi) is 6.53. The topological polar surface area (TPSA) is 49.6 Å². The van der Waals surface area contributed by atoms with Crippen molar-refractivity contribution in [2.24, 2.45) is 5.73 Å². The fraction of sp³-hybridized carbons (Fsp3) is 0.533. The van der Waals surface area contributed by atoms with E-state index >= 15 is 0 Å². The van der Waals surface area contributed by atoms with E-state index in [0.29, 0.717) is 13.1 Å². The van der Waals surface area contributed by atoms with E-state index in [1.54, 1.807) is 19.0 Å². The molecule has 0 saturated carbocycles. The minimum atomic E-state index is 0.130. The van der Waals surface area contributed by atoms with Crippen LogP contribution in [0.2, 0.25) is 0 Å². The quantitative estimate of drug-likeness (QED) is 0.802. The van der Waals surface area contributed by atoms with Gasteiger partial charge in [-0.2, -0.15) is 0 Å². The minimum absolute atomic E-state index is 0.130. The summed E-state index contributed by atoms with van der Waals surface area (Å²) in [5.41, 5.74) is 7.11. The zero-order valence-electron chi connectivity index (χ0n) is 12.2. The molecule has 1 aromatic rings. The first-order chi connectivity index (χ1) is 9.08. The number of hydrogen-bond acceptors (Lipinski definition) is 3. The highest BCUT2D eigenvalue weighted by Gasteiger charge is 2.16. The third-order valence-corrected chi connectivity index (χ3v) is 3.34. The van der Waals surface area contributed by atoms with E-state index in [0.717, 1.165) is 13.1 Å². The van der Waals surface area contributed by atoms with Crippen LogP contribution in [0.25, 0.3) is 0 Å². The molecule has 0 aliphatic carbocycles. The summed E-state index contributed by atoms with van der Waals surface area (Å²) < 4.78 is 0. The van der Waals surface area contributed by atoms with Crippen molar-refractivity contribution in [2.45, 2.75) is 12.8 Å². The van der Waals surface area contributed by atoms with E-state index < -0.39 is 0 Å². The molecule has 0 aliphatic rings.